The third kappa shape index (κ3) is 2.24. The molecule has 1 fully saturated rings. The summed E-state index contributed by atoms with van der Waals surface area (Å²) in [5, 5.41) is 15.3. The highest BCUT2D eigenvalue weighted by molar-refractivity contribution is 9.10. The van der Waals surface area contributed by atoms with E-state index in [2.05, 4.69) is 38.0 Å². The van der Waals surface area contributed by atoms with Crippen molar-refractivity contribution in [3.05, 3.63) is 28.9 Å². The van der Waals surface area contributed by atoms with E-state index in [1.165, 1.54) is 5.39 Å². The van der Waals surface area contributed by atoms with E-state index in [-0.39, 0.29) is 6.10 Å². The molecule has 0 amide bonds. The number of nitrogens with zero attached hydrogens (tertiary/aromatic N) is 2. The van der Waals surface area contributed by atoms with Crippen LogP contribution in [0.5, 0.6) is 0 Å². The van der Waals surface area contributed by atoms with Gasteiger partial charge in [0.25, 0.3) is 0 Å². The Morgan fingerprint density at radius 2 is 2.00 bits per heavy atom. The van der Waals surface area contributed by atoms with E-state index in [0.717, 1.165) is 35.7 Å². The second kappa shape index (κ2) is 4.42. The average molecular weight is 295 g/mol. The Bertz CT molecular complexity index is 529. The predicted octanol–water partition coefficient (Wildman–Crippen LogP) is 3.27. The highest BCUT2D eigenvalue weighted by Gasteiger charge is 2.21. The lowest BCUT2D eigenvalue weighted by atomic mass is 9.93. The molecule has 0 radical (unpaired) electrons. The quantitative estimate of drug-likeness (QED) is 0.876. The molecule has 0 bridgehead atoms. The van der Waals surface area contributed by atoms with Crippen LogP contribution in [0.1, 0.15) is 31.7 Å². The highest BCUT2D eigenvalue weighted by Crippen LogP contribution is 2.29. The van der Waals surface area contributed by atoms with Gasteiger partial charge < -0.3 is 5.11 Å². The molecule has 1 aromatic heterocycles. The summed E-state index contributed by atoms with van der Waals surface area (Å²) in [6.45, 7) is 0. The van der Waals surface area contributed by atoms with Crippen molar-refractivity contribution in [3.63, 3.8) is 0 Å². The van der Waals surface area contributed by atoms with Crippen LogP contribution in [0.25, 0.3) is 10.9 Å². The summed E-state index contributed by atoms with van der Waals surface area (Å²) >= 11 is 3.48. The molecule has 0 aliphatic heterocycles. The molecule has 1 heterocycles. The first-order valence-corrected chi connectivity index (χ1v) is 6.84. The van der Waals surface area contributed by atoms with Crippen LogP contribution in [-0.2, 0) is 0 Å². The van der Waals surface area contributed by atoms with Crippen LogP contribution >= 0.6 is 15.9 Å². The minimum absolute atomic E-state index is 0.106. The third-order valence-corrected chi connectivity index (χ3v) is 4.02. The lowest BCUT2D eigenvalue weighted by molar-refractivity contribution is 0.108. The van der Waals surface area contributed by atoms with Crippen LogP contribution in [-0.4, -0.2) is 21.0 Å². The molecule has 0 unspecified atom stereocenters. The van der Waals surface area contributed by atoms with Gasteiger partial charge in [-0.3, -0.25) is 4.68 Å². The van der Waals surface area contributed by atoms with Crippen LogP contribution in [0.3, 0.4) is 0 Å². The first-order chi connectivity index (χ1) is 8.22. The third-order valence-electron chi connectivity index (χ3n) is 3.52. The van der Waals surface area contributed by atoms with Gasteiger partial charge in [-0.2, -0.15) is 5.10 Å². The number of halogens is 1. The maximum atomic E-state index is 9.51. The van der Waals surface area contributed by atoms with Crippen molar-refractivity contribution < 1.29 is 5.11 Å². The zero-order chi connectivity index (χ0) is 11.8. The van der Waals surface area contributed by atoms with Crippen molar-refractivity contribution in [1.82, 2.24) is 9.78 Å². The Kier molecular flexibility index (Phi) is 2.92. The predicted molar refractivity (Wildman–Crippen MR) is 70.9 cm³/mol. The number of hydrogen-bond acceptors (Lipinski definition) is 2. The van der Waals surface area contributed by atoms with Gasteiger partial charge in [0.2, 0.25) is 0 Å². The Hall–Kier alpha value is -0.870. The Morgan fingerprint density at radius 1 is 1.24 bits per heavy atom. The standard InChI is InChI=1S/C13H15BrN2O/c14-10-1-6-13-9(7-10)8-16(15-13)11-2-4-12(17)5-3-11/h1,6-8,11-12,17H,2-5H2. The average Bonchev–Trinajstić information content (AvgIpc) is 2.72. The molecular formula is C13H15BrN2O. The first kappa shape index (κ1) is 11.2. The van der Waals surface area contributed by atoms with Crippen LogP contribution in [0.4, 0.5) is 0 Å². The largest absolute Gasteiger partial charge is 0.393 e. The fourth-order valence-electron chi connectivity index (χ4n) is 2.53. The summed E-state index contributed by atoms with van der Waals surface area (Å²) in [7, 11) is 0. The van der Waals surface area contributed by atoms with E-state index in [1.54, 1.807) is 0 Å². The smallest absolute Gasteiger partial charge is 0.0924 e. The molecular weight excluding hydrogens is 280 g/mol. The molecule has 3 nitrogen and oxygen atoms in total. The molecule has 1 aromatic carbocycles. The zero-order valence-electron chi connectivity index (χ0n) is 9.51. The molecule has 0 atom stereocenters. The molecule has 1 aliphatic rings. The minimum Gasteiger partial charge on any atom is -0.393 e. The van der Waals surface area contributed by atoms with Gasteiger partial charge in [-0.1, -0.05) is 15.9 Å². The fraction of sp³-hybridized carbons (Fsp3) is 0.462. The number of fused-ring (bicyclic) bond motifs is 1. The van der Waals surface area contributed by atoms with Gasteiger partial charge in [0.15, 0.2) is 0 Å². The summed E-state index contributed by atoms with van der Waals surface area (Å²) in [6.07, 6.45) is 5.84. The van der Waals surface area contributed by atoms with Crippen molar-refractivity contribution in [2.75, 3.05) is 0 Å². The van der Waals surface area contributed by atoms with Crippen LogP contribution < -0.4 is 0 Å². The molecule has 0 spiro atoms. The topological polar surface area (TPSA) is 38.0 Å². The lowest BCUT2D eigenvalue weighted by Gasteiger charge is -2.25. The van der Waals surface area contributed by atoms with Crippen LogP contribution in [0, 0.1) is 0 Å². The number of aromatic nitrogens is 2. The van der Waals surface area contributed by atoms with Crippen molar-refractivity contribution in [1.29, 1.82) is 0 Å². The maximum absolute atomic E-state index is 9.51. The van der Waals surface area contributed by atoms with E-state index in [0.29, 0.717) is 6.04 Å². The SMILES string of the molecule is OC1CCC(n2cc3cc(Br)ccc3n2)CC1. The lowest BCUT2D eigenvalue weighted by Crippen LogP contribution is -2.21. The van der Waals surface area contributed by atoms with Crippen molar-refractivity contribution in [2.24, 2.45) is 0 Å². The maximum Gasteiger partial charge on any atom is 0.0924 e. The molecule has 1 aliphatic carbocycles. The number of benzene rings is 1. The second-order valence-electron chi connectivity index (χ2n) is 4.77. The van der Waals surface area contributed by atoms with Gasteiger partial charge in [0.05, 0.1) is 17.7 Å². The monoisotopic (exact) mass is 294 g/mol. The first-order valence-electron chi connectivity index (χ1n) is 6.05. The number of rotatable bonds is 1. The van der Waals surface area contributed by atoms with Gasteiger partial charge in [-0.25, -0.2) is 0 Å². The molecule has 2 aromatic rings. The van der Waals surface area contributed by atoms with Gasteiger partial charge >= 0.3 is 0 Å². The Labute approximate surface area is 109 Å². The molecule has 4 heteroatoms. The molecule has 17 heavy (non-hydrogen) atoms. The molecule has 3 rings (SSSR count). The minimum atomic E-state index is -0.106. The van der Waals surface area contributed by atoms with Crippen molar-refractivity contribution in [2.45, 2.75) is 37.8 Å². The van der Waals surface area contributed by atoms with E-state index < -0.39 is 0 Å². The van der Waals surface area contributed by atoms with Gasteiger partial charge in [-0.05, 0) is 43.9 Å². The number of aliphatic hydroxyl groups is 1. The Balaban J connectivity index is 1.90. The second-order valence-corrected chi connectivity index (χ2v) is 5.69. The summed E-state index contributed by atoms with van der Waals surface area (Å²) in [5.74, 6) is 0. The molecule has 1 saturated carbocycles. The summed E-state index contributed by atoms with van der Waals surface area (Å²) < 4.78 is 3.16. The number of aliphatic hydroxyl groups excluding tert-OH is 1. The normalized spacial score (nSPS) is 25.3. The van der Waals surface area contributed by atoms with Gasteiger partial charge in [0.1, 0.15) is 0 Å². The van der Waals surface area contributed by atoms with E-state index in [4.69, 9.17) is 0 Å². The molecule has 90 valence electrons. The van der Waals surface area contributed by atoms with Crippen molar-refractivity contribution >= 4 is 26.8 Å². The Morgan fingerprint density at radius 3 is 2.76 bits per heavy atom. The highest BCUT2D eigenvalue weighted by atomic mass is 79.9. The van der Waals surface area contributed by atoms with E-state index in [1.807, 2.05) is 12.1 Å². The van der Waals surface area contributed by atoms with E-state index in [9.17, 15) is 5.11 Å². The summed E-state index contributed by atoms with van der Waals surface area (Å²) in [4.78, 5) is 0. The molecule has 1 N–H and O–H groups in total. The van der Waals surface area contributed by atoms with Crippen LogP contribution in [0.2, 0.25) is 0 Å². The van der Waals surface area contributed by atoms with Crippen LogP contribution in [0.15, 0.2) is 28.9 Å². The summed E-state index contributed by atoms with van der Waals surface area (Å²) in [6, 6.07) is 6.60. The fourth-order valence-corrected chi connectivity index (χ4v) is 2.90. The zero-order valence-corrected chi connectivity index (χ0v) is 11.1. The van der Waals surface area contributed by atoms with Gasteiger partial charge in [0, 0.05) is 16.1 Å². The van der Waals surface area contributed by atoms with E-state index >= 15 is 0 Å². The number of hydrogen-bond donors (Lipinski definition) is 1. The van der Waals surface area contributed by atoms with Crippen molar-refractivity contribution in [3.8, 4) is 0 Å². The summed E-state index contributed by atoms with van der Waals surface area (Å²) in [5.41, 5.74) is 1.04. The van der Waals surface area contributed by atoms with Gasteiger partial charge in [-0.15, -0.1) is 0 Å². The molecule has 0 saturated heterocycles.